The minimum absolute atomic E-state index is 0.117. The van der Waals surface area contributed by atoms with Gasteiger partial charge >= 0.3 is 5.63 Å². The van der Waals surface area contributed by atoms with Gasteiger partial charge in [-0.2, -0.15) is 0 Å². The van der Waals surface area contributed by atoms with E-state index in [0.29, 0.717) is 11.3 Å². The number of carbonyl (C=O) groups excluding carboxylic acids is 2. The maximum Gasteiger partial charge on any atom is 0.336 e. The van der Waals surface area contributed by atoms with Crippen LogP contribution in [-0.4, -0.2) is 11.8 Å². The Morgan fingerprint density at radius 1 is 1.00 bits per heavy atom. The van der Waals surface area contributed by atoms with Crippen LogP contribution in [0.15, 0.2) is 33.5 Å². The van der Waals surface area contributed by atoms with Crippen molar-refractivity contribution >= 4 is 28.5 Å². The molecule has 1 saturated carbocycles. The van der Waals surface area contributed by atoms with Crippen LogP contribution in [0.2, 0.25) is 0 Å². The Hall–Kier alpha value is -2.43. The quantitative estimate of drug-likeness (QED) is 0.600. The molecule has 2 aromatic rings. The summed E-state index contributed by atoms with van der Waals surface area (Å²) in [7, 11) is 0. The van der Waals surface area contributed by atoms with Gasteiger partial charge in [0.1, 0.15) is 5.58 Å². The average molecular weight is 311 g/mol. The van der Waals surface area contributed by atoms with Crippen LogP contribution in [0.1, 0.15) is 31.2 Å². The summed E-state index contributed by atoms with van der Waals surface area (Å²) >= 11 is 0. The molecule has 2 fully saturated rings. The Labute approximate surface area is 132 Å². The monoisotopic (exact) mass is 311 g/mol. The van der Waals surface area contributed by atoms with E-state index in [1.807, 2.05) is 6.92 Å². The lowest BCUT2D eigenvalue weighted by Crippen LogP contribution is -2.30. The summed E-state index contributed by atoms with van der Waals surface area (Å²) in [5, 5.41) is 0.810. The zero-order valence-corrected chi connectivity index (χ0v) is 12.9. The molecule has 1 aromatic carbocycles. The van der Waals surface area contributed by atoms with Crippen molar-refractivity contribution in [1.29, 1.82) is 0 Å². The molecular formula is C18H17NO4. The molecule has 1 saturated heterocycles. The summed E-state index contributed by atoms with van der Waals surface area (Å²) in [6.45, 7) is 1.83. The van der Waals surface area contributed by atoms with Gasteiger partial charge in [-0.1, -0.05) is 12.8 Å². The highest BCUT2D eigenvalue weighted by atomic mass is 16.4. The van der Waals surface area contributed by atoms with Crippen LogP contribution < -0.4 is 10.5 Å². The molecule has 1 aromatic heterocycles. The Bertz CT molecular complexity index is 858. The molecule has 2 aliphatic rings. The van der Waals surface area contributed by atoms with E-state index in [1.165, 1.54) is 11.0 Å². The maximum absolute atomic E-state index is 12.6. The Morgan fingerprint density at radius 2 is 1.65 bits per heavy atom. The predicted octanol–water partition coefficient (Wildman–Crippen LogP) is 2.78. The fourth-order valence-electron chi connectivity index (χ4n) is 3.87. The lowest BCUT2D eigenvalue weighted by Gasteiger charge is -2.19. The Morgan fingerprint density at radius 3 is 2.30 bits per heavy atom. The second kappa shape index (κ2) is 5.05. The van der Waals surface area contributed by atoms with E-state index in [1.54, 1.807) is 18.2 Å². The highest BCUT2D eigenvalue weighted by Crippen LogP contribution is 2.40. The number of anilines is 1. The molecule has 0 N–H and O–H groups in total. The van der Waals surface area contributed by atoms with Crippen molar-refractivity contribution < 1.29 is 14.0 Å². The smallest absolute Gasteiger partial charge is 0.336 e. The second-order valence-electron chi connectivity index (χ2n) is 6.44. The molecule has 118 valence electrons. The fraction of sp³-hybridized carbons (Fsp3) is 0.389. The zero-order chi connectivity index (χ0) is 16.1. The number of carbonyl (C=O) groups is 2. The largest absolute Gasteiger partial charge is 0.423 e. The number of fused-ring (bicyclic) bond motifs is 2. The third-order valence-corrected chi connectivity index (χ3v) is 5.03. The number of nitrogens with zero attached hydrogens (tertiary/aromatic N) is 1. The molecule has 2 atom stereocenters. The number of benzene rings is 1. The SMILES string of the molecule is Cc1cc(=O)oc2cc(N3C(=O)C4CCCCC4C3=O)ccc12. The summed E-state index contributed by atoms with van der Waals surface area (Å²) in [5.74, 6) is -0.601. The van der Waals surface area contributed by atoms with Gasteiger partial charge in [-0.3, -0.25) is 9.59 Å². The predicted molar refractivity (Wildman–Crippen MR) is 85.2 cm³/mol. The van der Waals surface area contributed by atoms with Gasteiger partial charge in [-0.05, 0) is 37.5 Å². The molecule has 2 amide bonds. The van der Waals surface area contributed by atoms with Crippen molar-refractivity contribution in [1.82, 2.24) is 0 Å². The number of imide groups is 1. The van der Waals surface area contributed by atoms with E-state index < -0.39 is 5.63 Å². The van der Waals surface area contributed by atoms with Crippen LogP contribution in [0, 0.1) is 18.8 Å². The van der Waals surface area contributed by atoms with E-state index >= 15 is 0 Å². The molecule has 4 rings (SSSR count). The lowest BCUT2D eigenvalue weighted by molar-refractivity contribution is -0.122. The van der Waals surface area contributed by atoms with E-state index in [-0.39, 0.29) is 23.7 Å². The summed E-state index contributed by atoms with van der Waals surface area (Å²) in [6.07, 6.45) is 3.57. The molecule has 0 radical (unpaired) electrons. The molecule has 2 heterocycles. The third kappa shape index (κ3) is 2.11. The van der Waals surface area contributed by atoms with Crippen LogP contribution in [-0.2, 0) is 9.59 Å². The molecule has 0 spiro atoms. The summed E-state index contributed by atoms with van der Waals surface area (Å²) in [4.78, 5) is 38.1. The highest BCUT2D eigenvalue weighted by Gasteiger charge is 2.48. The van der Waals surface area contributed by atoms with E-state index in [2.05, 4.69) is 0 Å². The van der Waals surface area contributed by atoms with Crippen molar-refractivity contribution in [3.05, 3.63) is 40.2 Å². The van der Waals surface area contributed by atoms with Gasteiger partial charge in [0.2, 0.25) is 11.8 Å². The average Bonchev–Trinajstić information content (AvgIpc) is 2.78. The number of amides is 2. The molecule has 5 heteroatoms. The lowest BCUT2D eigenvalue weighted by atomic mass is 9.81. The van der Waals surface area contributed by atoms with E-state index in [9.17, 15) is 14.4 Å². The number of hydrogen-bond acceptors (Lipinski definition) is 4. The van der Waals surface area contributed by atoms with Crippen molar-refractivity contribution in [3.63, 3.8) is 0 Å². The standard InChI is InChI=1S/C18H17NO4/c1-10-8-16(20)23-15-9-11(6-7-12(10)15)19-17(21)13-4-2-3-5-14(13)18(19)22/h6-9,13-14H,2-5H2,1H3. The second-order valence-corrected chi connectivity index (χ2v) is 6.44. The first-order valence-electron chi connectivity index (χ1n) is 7.98. The number of rotatable bonds is 1. The van der Waals surface area contributed by atoms with Crippen LogP contribution >= 0.6 is 0 Å². The van der Waals surface area contributed by atoms with Gasteiger partial charge in [-0.15, -0.1) is 0 Å². The fourth-order valence-corrected chi connectivity index (χ4v) is 3.87. The zero-order valence-electron chi connectivity index (χ0n) is 12.9. The topological polar surface area (TPSA) is 67.6 Å². The third-order valence-electron chi connectivity index (χ3n) is 5.03. The van der Waals surface area contributed by atoms with Crippen LogP contribution in [0.5, 0.6) is 0 Å². The Kier molecular flexibility index (Phi) is 3.11. The van der Waals surface area contributed by atoms with Crippen molar-refractivity contribution in [2.75, 3.05) is 4.90 Å². The summed E-state index contributed by atoms with van der Waals surface area (Å²) < 4.78 is 5.23. The van der Waals surface area contributed by atoms with Crippen LogP contribution in [0.25, 0.3) is 11.0 Å². The van der Waals surface area contributed by atoms with Crippen molar-refractivity contribution in [2.24, 2.45) is 11.8 Å². The van der Waals surface area contributed by atoms with Gasteiger partial charge < -0.3 is 4.42 Å². The molecule has 23 heavy (non-hydrogen) atoms. The molecule has 2 unspecified atom stereocenters. The summed E-state index contributed by atoms with van der Waals surface area (Å²) in [6, 6.07) is 6.60. The number of hydrogen-bond donors (Lipinski definition) is 0. The first kappa shape index (κ1) is 14.2. The Balaban J connectivity index is 1.81. The van der Waals surface area contributed by atoms with Crippen molar-refractivity contribution in [2.45, 2.75) is 32.6 Å². The molecule has 0 bridgehead atoms. The first-order chi connectivity index (χ1) is 11.1. The maximum atomic E-state index is 12.6. The summed E-state index contributed by atoms with van der Waals surface area (Å²) in [5.41, 5.74) is 1.29. The van der Waals surface area contributed by atoms with Crippen molar-refractivity contribution in [3.8, 4) is 0 Å². The highest BCUT2D eigenvalue weighted by molar-refractivity contribution is 6.22. The van der Waals surface area contributed by atoms with E-state index in [4.69, 9.17) is 4.42 Å². The first-order valence-corrected chi connectivity index (χ1v) is 7.98. The molecular weight excluding hydrogens is 294 g/mol. The molecule has 5 nitrogen and oxygen atoms in total. The van der Waals surface area contributed by atoms with Gasteiger partial charge in [0.25, 0.3) is 0 Å². The minimum atomic E-state index is -0.431. The van der Waals surface area contributed by atoms with Gasteiger partial charge in [0, 0.05) is 17.5 Å². The minimum Gasteiger partial charge on any atom is -0.423 e. The number of aryl methyl sites for hydroxylation is 1. The van der Waals surface area contributed by atoms with E-state index in [0.717, 1.165) is 36.6 Å². The molecule has 1 aliphatic heterocycles. The van der Waals surface area contributed by atoms with Gasteiger partial charge in [-0.25, -0.2) is 9.69 Å². The molecule has 1 aliphatic carbocycles. The van der Waals surface area contributed by atoms with Crippen LogP contribution in [0.4, 0.5) is 5.69 Å². The van der Waals surface area contributed by atoms with Crippen LogP contribution in [0.3, 0.4) is 0 Å². The van der Waals surface area contributed by atoms with Gasteiger partial charge in [0.15, 0.2) is 0 Å². The van der Waals surface area contributed by atoms with Gasteiger partial charge in [0.05, 0.1) is 17.5 Å². The normalized spacial score (nSPS) is 24.3.